The van der Waals surface area contributed by atoms with E-state index in [1.165, 1.54) is 0 Å². The minimum Gasteiger partial charge on any atom is -0.330 e. The molecular formula is C2H5OPY3. The first-order valence-electron chi connectivity index (χ1n) is 0.907. The predicted molar refractivity (Wildman–Crippen MR) is 21.0 cm³/mol. The summed E-state index contributed by atoms with van der Waals surface area (Å²) in [6, 6.07) is 0. The molecule has 0 saturated heterocycles. The summed E-state index contributed by atoms with van der Waals surface area (Å²) in [5.41, 5.74) is 0. The molecule has 0 N–H and O–H groups in total. The molecule has 0 heterocycles. The van der Waals surface area contributed by atoms with Crippen LogP contribution in [0, 0.1) is 0 Å². The topological polar surface area (TPSA) is 9.23 Å². The van der Waals surface area contributed by atoms with Crippen LogP contribution in [0.3, 0.4) is 0 Å². The molecule has 0 amide bonds. The quantitative estimate of drug-likeness (QED) is 0.644. The molecular weight excluding hydrogens is 338 g/mol. The number of rotatable bonds is 1. The molecule has 0 aromatic rings. The zero-order valence-electron chi connectivity index (χ0n) is 4.29. The van der Waals surface area contributed by atoms with Gasteiger partial charge in [0.1, 0.15) is 0 Å². The zero-order valence-corrected chi connectivity index (χ0v) is 13.7. The fourth-order valence-corrected chi connectivity index (χ4v) is 0. The second kappa shape index (κ2) is 22.7. The van der Waals surface area contributed by atoms with Crippen LogP contribution < -0.4 is 0 Å². The number of hydrogen-bond acceptors (Lipinski definition) is 1. The van der Waals surface area contributed by atoms with Crippen LogP contribution in [0.2, 0.25) is 0 Å². The maximum Gasteiger partial charge on any atom is 0.0472 e. The van der Waals surface area contributed by atoms with Gasteiger partial charge >= 0.3 is 0 Å². The third-order valence-electron chi connectivity index (χ3n) is 0.129. The van der Waals surface area contributed by atoms with Crippen molar-refractivity contribution in [3.05, 3.63) is 0 Å². The number of hydrogen-bond donors (Lipinski definition) is 0. The minimum atomic E-state index is 0. The van der Waals surface area contributed by atoms with Crippen LogP contribution in [-0.2, 0) is 103 Å². The smallest absolute Gasteiger partial charge is 0.0472 e. The fraction of sp³-hybridized carbons (Fsp3) is 0.500. The Morgan fingerprint density at radius 1 is 1.29 bits per heavy atom. The summed E-state index contributed by atoms with van der Waals surface area (Å²) < 4.78 is 4.40. The maximum absolute atomic E-state index is 4.40. The molecule has 0 saturated carbocycles. The summed E-state index contributed by atoms with van der Waals surface area (Å²) in [6.07, 6.45) is 3.35. The van der Waals surface area contributed by atoms with Gasteiger partial charge in [0.2, 0.25) is 0 Å². The van der Waals surface area contributed by atoms with Crippen molar-refractivity contribution in [3.63, 3.8) is 0 Å². The summed E-state index contributed by atoms with van der Waals surface area (Å²) >= 11 is 0. The Hall–Kier alpha value is 3.44. The van der Waals surface area contributed by atoms with Gasteiger partial charge < -0.3 is 4.52 Å². The van der Waals surface area contributed by atoms with E-state index in [2.05, 4.69) is 10.8 Å². The minimum absolute atomic E-state index is 0. The average molecular weight is 343 g/mol. The molecule has 0 aliphatic carbocycles. The van der Waals surface area contributed by atoms with E-state index in [1.54, 1.807) is 7.11 Å². The molecule has 0 atom stereocenters. The van der Waals surface area contributed by atoms with Crippen LogP contribution in [-0.4, -0.2) is 13.4 Å². The Morgan fingerprint density at radius 3 is 1.43 bits per heavy atom. The molecule has 0 aliphatic heterocycles. The molecule has 0 aliphatic rings. The van der Waals surface area contributed by atoms with Gasteiger partial charge in [0.05, 0.1) is 0 Å². The van der Waals surface area contributed by atoms with E-state index in [4.69, 9.17) is 0 Å². The zero-order chi connectivity index (χ0) is 3.41. The van der Waals surface area contributed by atoms with Crippen LogP contribution in [0.1, 0.15) is 0 Å². The first-order valence-corrected chi connectivity index (χ1v) is 1.90. The molecule has 0 rings (SSSR count). The van der Waals surface area contributed by atoms with Gasteiger partial charge in [-0.25, -0.2) is 0 Å². The predicted octanol–water partition coefficient (Wildman–Crippen LogP) is 0.918. The van der Waals surface area contributed by atoms with Gasteiger partial charge in [0.25, 0.3) is 0 Å². The normalized spacial score (nSPS) is 4.71. The van der Waals surface area contributed by atoms with Gasteiger partial charge in [-0.1, -0.05) is 0 Å². The molecule has 0 bridgehead atoms. The van der Waals surface area contributed by atoms with Crippen molar-refractivity contribution >= 4 is 14.7 Å². The van der Waals surface area contributed by atoms with Gasteiger partial charge in [-0.2, -0.15) is 0 Å². The first kappa shape index (κ1) is 22.4. The van der Waals surface area contributed by atoms with Gasteiger partial charge in [-0.15, -0.1) is 0 Å². The van der Waals surface area contributed by atoms with Crippen molar-refractivity contribution in [2.24, 2.45) is 0 Å². The summed E-state index contributed by atoms with van der Waals surface area (Å²) in [5, 5.41) is 0. The third-order valence-corrected chi connectivity index (χ3v) is 0.387. The van der Waals surface area contributed by atoms with Gasteiger partial charge in [-0.05, 0) is 6.30 Å². The summed E-state index contributed by atoms with van der Waals surface area (Å²) in [5.74, 6) is 0. The molecule has 0 fully saturated rings. The molecule has 0 aromatic heterocycles. The van der Waals surface area contributed by atoms with Crippen molar-refractivity contribution < 1.29 is 103 Å². The van der Waals surface area contributed by atoms with Gasteiger partial charge in [0.15, 0.2) is 0 Å². The average Bonchev–Trinajstić information content (AvgIpc) is 1.37. The van der Waals surface area contributed by atoms with E-state index in [1.807, 2.05) is 0 Å². The SMILES string of the molecule is C=POC.[Y].[Y].[Y]. The molecule has 3 radical (unpaired) electrons. The standard InChI is InChI=1S/C2H5OP.3Y/c1-3-4-2;;;/h2H2,1H3;;;. The van der Waals surface area contributed by atoms with Gasteiger partial charge in [-0.3, -0.25) is 0 Å². The van der Waals surface area contributed by atoms with Crippen molar-refractivity contribution in [2.75, 3.05) is 7.11 Å². The second-order valence-electron chi connectivity index (χ2n) is 0.312. The van der Waals surface area contributed by atoms with Crippen LogP contribution in [0.15, 0.2) is 0 Å². The van der Waals surface area contributed by atoms with E-state index >= 15 is 0 Å². The largest absolute Gasteiger partial charge is 0.330 e. The third kappa shape index (κ3) is 26.5. The summed E-state index contributed by atoms with van der Waals surface area (Å²) in [7, 11) is 2.35. The van der Waals surface area contributed by atoms with E-state index in [0.717, 1.165) is 8.43 Å². The molecule has 0 spiro atoms. The van der Waals surface area contributed by atoms with Crippen LogP contribution in [0.25, 0.3) is 0 Å². The molecule has 7 heavy (non-hydrogen) atoms. The Morgan fingerprint density at radius 2 is 1.43 bits per heavy atom. The van der Waals surface area contributed by atoms with Crippen LogP contribution in [0.5, 0.6) is 0 Å². The van der Waals surface area contributed by atoms with E-state index in [0.29, 0.717) is 0 Å². The van der Waals surface area contributed by atoms with E-state index in [9.17, 15) is 0 Å². The maximum atomic E-state index is 4.40. The monoisotopic (exact) mass is 343 g/mol. The Bertz CT molecular complexity index is 26.9. The van der Waals surface area contributed by atoms with E-state index < -0.39 is 0 Å². The summed E-state index contributed by atoms with van der Waals surface area (Å²) in [6.45, 7) is 0. The Balaban J connectivity index is -0.0000000150. The Labute approximate surface area is 122 Å². The molecule has 33 valence electrons. The van der Waals surface area contributed by atoms with Crippen LogP contribution in [0.4, 0.5) is 0 Å². The van der Waals surface area contributed by atoms with Gasteiger partial charge in [0, 0.05) is 114 Å². The molecule has 1 nitrogen and oxygen atoms in total. The molecule has 0 unspecified atom stereocenters. The van der Waals surface area contributed by atoms with Crippen molar-refractivity contribution in [1.29, 1.82) is 0 Å². The summed E-state index contributed by atoms with van der Waals surface area (Å²) in [4.78, 5) is 0. The van der Waals surface area contributed by atoms with Crippen LogP contribution >= 0.6 is 8.43 Å². The second-order valence-corrected chi connectivity index (χ2v) is 0.935. The first-order chi connectivity index (χ1) is 1.91. The fourth-order valence-electron chi connectivity index (χ4n) is 0. The van der Waals surface area contributed by atoms with Crippen molar-refractivity contribution in [2.45, 2.75) is 0 Å². The van der Waals surface area contributed by atoms with Crippen molar-refractivity contribution in [1.82, 2.24) is 0 Å². The Kier molecular flexibility index (Phi) is 72.8. The molecule has 5 heteroatoms. The van der Waals surface area contributed by atoms with Crippen molar-refractivity contribution in [3.8, 4) is 0 Å². The van der Waals surface area contributed by atoms with E-state index in [-0.39, 0.29) is 98.1 Å². The molecule has 0 aromatic carbocycles.